The third kappa shape index (κ3) is 6.38. The first-order valence-corrected chi connectivity index (χ1v) is 10.0. The number of hydrogen-bond donors (Lipinski definition) is 1. The smallest absolute Gasteiger partial charge is 0.224 e. The van der Waals surface area contributed by atoms with Gasteiger partial charge in [-0.2, -0.15) is 0 Å². The number of carbonyl (C=O) groups excluding carboxylic acids is 1. The summed E-state index contributed by atoms with van der Waals surface area (Å²) in [5.74, 6) is 1.46. The highest BCUT2D eigenvalue weighted by Crippen LogP contribution is 2.21. The Balaban J connectivity index is 1.93. The molecule has 0 saturated heterocycles. The summed E-state index contributed by atoms with van der Waals surface area (Å²) in [6.07, 6.45) is 5.54. The van der Waals surface area contributed by atoms with E-state index in [9.17, 15) is 4.79 Å². The average Bonchev–Trinajstić information content (AvgIpc) is 2.67. The first kappa shape index (κ1) is 20.9. The fourth-order valence-corrected chi connectivity index (χ4v) is 3.38. The van der Waals surface area contributed by atoms with E-state index in [1.807, 2.05) is 43.3 Å². The summed E-state index contributed by atoms with van der Waals surface area (Å²) in [5, 5.41) is 3.15. The van der Waals surface area contributed by atoms with Gasteiger partial charge in [0.25, 0.3) is 0 Å². The fourth-order valence-electron chi connectivity index (χ4n) is 3.38. The zero-order valence-electron chi connectivity index (χ0n) is 17.0. The summed E-state index contributed by atoms with van der Waals surface area (Å²) in [7, 11) is 0. The van der Waals surface area contributed by atoms with Gasteiger partial charge in [0.05, 0.1) is 18.7 Å². The number of benzene rings is 1. The zero-order valence-corrected chi connectivity index (χ0v) is 17.0. The Labute approximate surface area is 163 Å². The second kappa shape index (κ2) is 10.7. The van der Waals surface area contributed by atoms with Crippen LogP contribution < -0.4 is 10.1 Å². The SMILES string of the molecule is CCCC(CC)[C@@H](C)NC(=O)Cc1ccc(-c2ccc(OCC)cc2)nc1. The maximum absolute atomic E-state index is 12.3. The molecule has 0 radical (unpaired) electrons. The van der Waals surface area contributed by atoms with Crippen LogP contribution in [0.3, 0.4) is 0 Å². The van der Waals surface area contributed by atoms with Crippen molar-refractivity contribution >= 4 is 5.91 Å². The van der Waals surface area contributed by atoms with E-state index in [1.165, 1.54) is 0 Å². The number of nitrogens with zero attached hydrogens (tertiary/aromatic N) is 1. The fraction of sp³-hybridized carbons (Fsp3) is 0.478. The van der Waals surface area contributed by atoms with Crippen LogP contribution in [0, 0.1) is 5.92 Å². The highest BCUT2D eigenvalue weighted by molar-refractivity contribution is 5.78. The lowest BCUT2D eigenvalue weighted by molar-refractivity contribution is -0.121. The summed E-state index contributed by atoms with van der Waals surface area (Å²) in [5.41, 5.74) is 2.86. The topological polar surface area (TPSA) is 51.2 Å². The van der Waals surface area contributed by atoms with Gasteiger partial charge >= 0.3 is 0 Å². The van der Waals surface area contributed by atoms with Gasteiger partial charge in [-0.15, -0.1) is 0 Å². The molecule has 4 nitrogen and oxygen atoms in total. The lowest BCUT2D eigenvalue weighted by atomic mass is 9.93. The molecule has 1 amide bonds. The summed E-state index contributed by atoms with van der Waals surface area (Å²) in [6, 6.07) is 12.0. The molecule has 146 valence electrons. The number of pyridine rings is 1. The second-order valence-electron chi connectivity index (χ2n) is 7.00. The molecule has 0 aliphatic heterocycles. The van der Waals surface area contributed by atoms with E-state index in [0.29, 0.717) is 18.9 Å². The third-order valence-electron chi connectivity index (χ3n) is 4.93. The van der Waals surface area contributed by atoms with Crippen molar-refractivity contribution < 1.29 is 9.53 Å². The zero-order chi connectivity index (χ0) is 19.6. The Morgan fingerprint density at radius 2 is 1.85 bits per heavy atom. The highest BCUT2D eigenvalue weighted by Gasteiger charge is 2.17. The van der Waals surface area contributed by atoms with E-state index in [-0.39, 0.29) is 11.9 Å². The average molecular weight is 369 g/mol. The van der Waals surface area contributed by atoms with Crippen molar-refractivity contribution in [3.63, 3.8) is 0 Å². The summed E-state index contributed by atoms with van der Waals surface area (Å²) >= 11 is 0. The lowest BCUT2D eigenvalue weighted by Crippen LogP contribution is -2.38. The molecule has 0 spiro atoms. The van der Waals surface area contributed by atoms with Gasteiger partial charge in [-0.3, -0.25) is 9.78 Å². The van der Waals surface area contributed by atoms with Crippen LogP contribution in [0.2, 0.25) is 0 Å². The predicted octanol–water partition coefficient (Wildman–Crippen LogP) is 5.02. The molecule has 4 heteroatoms. The van der Waals surface area contributed by atoms with Gasteiger partial charge in [0.15, 0.2) is 0 Å². The minimum absolute atomic E-state index is 0.0627. The van der Waals surface area contributed by atoms with E-state index in [4.69, 9.17) is 4.74 Å². The maximum atomic E-state index is 12.3. The van der Waals surface area contributed by atoms with Crippen molar-refractivity contribution in [3.8, 4) is 17.0 Å². The minimum Gasteiger partial charge on any atom is -0.494 e. The molecule has 0 bridgehead atoms. The highest BCUT2D eigenvalue weighted by atomic mass is 16.5. The van der Waals surface area contributed by atoms with Crippen LogP contribution in [0.5, 0.6) is 5.75 Å². The molecule has 2 atom stereocenters. The number of hydrogen-bond acceptors (Lipinski definition) is 3. The van der Waals surface area contributed by atoms with Crippen LogP contribution in [0.15, 0.2) is 42.6 Å². The van der Waals surface area contributed by atoms with Crippen LogP contribution in [0.4, 0.5) is 0 Å². The number of amides is 1. The molecule has 0 saturated carbocycles. The Morgan fingerprint density at radius 3 is 2.41 bits per heavy atom. The van der Waals surface area contributed by atoms with E-state index in [0.717, 1.165) is 41.8 Å². The molecule has 2 aromatic rings. The van der Waals surface area contributed by atoms with Crippen LogP contribution in [0.25, 0.3) is 11.3 Å². The van der Waals surface area contributed by atoms with E-state index < -0.39 is 0 Å². The second-order valence-corrected chi connectivity index (χ2v) is 7.00. The minimum atomic E-state index is 0.0627. The molecular formula is C23H32N2O2. The molecule has 1 unspecified atom stereocenters. The normalized spacial score (nSPS) is 13.0. The van der Waals surface area contributed by atoms with E-state index in [2.05, 4.69) is 31.1 Å². The molecule has 0 fully saturated rings. The molecule has 0 aliphatic carbocycles. The first-order valence-electron chi connectivity index (χ1n) is 10.0. The van der Waals surface area contributed by atoms with Crippen molar-refractivity contribution in [2.24, 2.45) is 5.92 Å². The lowest BCUT2D eigenvalue weighted by Gasteiger charge is -2.23. The number of ether oxygens (including phenoxy) is 1. The number of carbonyl (C=O) groups is 1. The van der Waals surface area contributed by atoms with Crippen molar-refractivity contribution in [3.05, 3.63) is 48.2 Å². The van der Waals surface area contributed by atoms with Crippen molar-refractivity contribution in [1.82, 2.24) is 10.3 Å². The Bertz CT molecular complexity index is 695. The van der Waals surface area contributed by atoms with Gasteiger partial charge in [-0.05, 0) is 62.1 Å². The molecular weight excluding hydrogens is 336 g/mol. The van der Waals surface area contributed by atoms with Crippen LogP contribution in [-0.2, 0) is 11.2 Å². The number of rotatable bonds is 10. The summed E-state index contributed by atoms with van der Waals surface area (Å²) in [4.78, 5) is 16.9. The third-order valence-corrected chi connectivity index (χ3v) is 4.93. The summed E-state index contributed by atoms with van der Waals surface area (Å²) < 4.78 is 5.47. The Hall–Kier alpha value is -2.36. The molecule has 1 aromatic carbocycles. The first-order chi connectivity index (χ1) is 13.1. The number of nitrogens with one attached hydrogen (secondary N) is 1. The van der Waals surface area contributed by atoms with Crippen LogP contribution >= 0.6 is 0 Å². The van der Waals surface area contributed by atoms with E-state index in [1.54, 1.807) is 6.20 Å². The molecule has 27 heavy (non-hydrogen) atoms. The number of aromatic nitrogens is 1. The van der Waals surface area contributed by atoms with Crippen LogP contribution in [-0.4, -0.2) is 23.5 Å². The quantitative estimate of drug-likeness (QED) is 0.640. The maximum Gasteiger partial charge on any atom is 0.224 e. The van der Waals surface area contributed by atoms with Crippen molar-refractivity contribution in [2.75, 3.05) is 6.61 Å². The van der Waals surface area contributed by atoms with Gasteiger partial charge in [0.2, 0.25) is 5.91 Å². The standard InChI is InChI=1S/C23H32N2O2/c1-5-8-19(6-2)17(4)25-23(26)15-18-9-14-22(24-16-18)20-10-12-21(13-11-20)27-7-3/h9-14,16-17,19H,5-8,15H2,1-4H3,(H,25,26)/t17-,19?/m1/s1. The monoisotopic (exact) mass is 368 g/mol. The Kier molecular flexibility index (Phi) is 8.31. The summed E-state index contributed by atoms with van der Waals surface area (Å²) in [6.45, 7) is 9.11. The molecule has 1 aromatic heterocycles. The largest absolute Gasteiger partial charge is 0.494 e. The molecule has 1 heterocycles. The van der Waals surface area contributed by atoms with Gasteiger partial charge < -0.3 is 10.1 Å². The van der Waals surface area contributed by atoms with Gasteiger partial charge in [-0.1, -0.05) is 32.8 Å². The molecule has 0 aliphatic rings. The van der Waals surface area contributed by atoms with Crippen molar-refractivity contribution in [1.29, 1.82) is 0 Å². The Morgan fingerprint density at radius 1 is 1.11 bits per heavy atom. The predicted molar refractivity (Wildman–Crippen MR) is 111 cm³/mol. The van der Waals surface area contributed by atoms with Gasteiger partial charge in [-0.25, -0.2) is 0 Å². The van der Waals surface area contributed by atoms with Crippen LogP contribution in [0.1, 0.15) is 52.5 Å². The van der Waals surface area contributed by atoms with E-state index >= 15 is 0 Å². The van der Waals surface area contributed by atoms with Gasteiger partial charge in [0.1, 0.15) is 5.75 Å². The molecule has 2 rings (SSSR count). The molecule has 1 N–H and O–H groups in total. The van der Waals surface area contributed by atoms with Crippen molar-refractivity contribution in [2.45, 2.75) is 59.4 Å². The van der Waals surface area contributed by atoms with Gasteiger partial charge in [0, 0.05) is 17.8 Å².